The van der Waals surface area contributed by atoms with Crippen molar-refractivity contribution in [3.8, 4) is 5.75 Å². The minimum atomic E-state index is 0.387. The van der Waals surface area contributed by atoms with Crippen LogP contribution in [-0.2, 0) is 0 Å². The van der Waals surface area contributed by atoms with Crippen LogP contribution < -0.4 is 4.74 Å². The zero-order valence-electron chi connectivity index (χ0n) is 6.67. The highest BCUT2D eigenvalue weighted by Crippen LogP contribution is 2.31. The first kappa shape index (κ1) is 7.62. The van der Waals surface area contributed by atoms with Gasteiger partial charge < -0.3 is 4.74 Å². The molecule has 0 N–H and O–H groups in total. The predicted octanol–water partition coefficient (Wildman–Crippen LogP) is 2.66. The lowest BCUT2D eigenvalue weighted by Gasteiger charge is -2.13. The summed E-state index contributed by atoms with van der Waals surface area (Å²) in [6.45, 7) is 2.40. The van der Waals surface area contributed by atoms with Crippen molar-refractivity contribution in [2.75, 3.05) is 6.61 Å². The second-order valence-corrected chi connectivity index (χ2v) is 3.18. The van der Waals surface area contributed by atoms with E-state index in [1.165, 1.54) is 0 Å². The number of hydrogen-bond acceptors (Lipinski definition) is 2. The van der Waals surface area contributed by atoms with Gasteiger partial charge in [-0.3, -0.25) is 0 Å². The van der Waals surface area contributed by atoms with Crippen molar-refractivity contribution in [3.63, 3.8) is 0 Å². The SMILES string of the molecule is Cc1ccc2c(c1)N=C(Cl)CO2. The van der Waals surface area contributed by atoms with Gasteiger partial charge in [-0.15, -0.1) is 0 Å². The van der Waals surface area contributed by atoms with Gasteiger partial charge >= 0.3 is 0 Å². The Balaban J connectivity index is 2.53. The summed E-state index contributed by atoms with van der Waals surface area (Å²) in [6.07, 6.45) is 0. The highest BCUT2D eigenvalue weighted by Gasteiger charge is 2.10. The van der Waals surface area contributed by atoms with Crippen LogP contribution in [0.5, 0.6) is 5.75 Å². The molecule has 0 saturated heterocycles. The zero-order chi connectivity index (χ0) is 8.55. The number of fused-ring (bicyclic) bond motifs is 1. The van der Waals surface area contributed by atoms with E-state index in [9.17, 15) is 0 Å². The second kappa shape index (κ2) is 2.79. The highest BCUT2D eigenvalue weighted by molar-refractivity contribution is 6.66. The van der Waals surface area contributed by atoms with E-state index in [1.807, 2.05) is 25.1 Å². The molecular formula is C9H8ClNO. The van der Waals surface area contributed by atoms with Gasteiger partial charge in [0.25, 0.3) is 0 Å². The van der Waals surface area contributed by atoms with E-state index < -0.39 is 0 Å². The van der Waals surface area contributed by atoms with Crippen molar-refractivity contribution in [1.29, 1.82) is 0 Å². The lowest BCUT2D eigenvalue weighted by molar-refractivity contribution is 0.375. The Morgan fingerprint density at radius 2 is 2.33 bits per heavy atom. The molecule has 0 unspecified atom stereocenters. The number of rotatable bonds is 0. The summed E-state index contributed by atoms with van der Waals surface area (Å²) in [4.78, 5) is 4.16. The fraction of sp³-hybridized carbons (Fsp3) is 0.222. The largest absolute Gasteiger partial charge is 0.484 e. The molecule has 0 amide bonds. The quantitative estimate of drug-likeness (QED) is 0.603. The number of aliphatic imine (C=N–C) groups is 1. The first-order valence-electron chi connectivity index (χ1n) is 3.72. The minimum Gasteiger partial charge on any atom is -0.484 e. The van der Waals surface area contributed by atoms with Crippen molar-refractivity contribution >= 4 is 22.5 Å². The summed E-state index contributed by atoms with van der Waals surface area (Å²) in [5.74, 6) is 0.810. The maximum absolute atomic E-state index is 5.72. The van der Waals surface area contributed by atoms with Gasteiger partial charge in [-0.05, 0) is 24.6 Å². The molecule has 0 radical (unpaired) electrons. The zero-order valence-corrected chi connectivity index (χ0v) is 7.43. The maximum Gasteiger partial charge on any atom is 0.145 e. The Morgan fingerprint density at radius 1 is 1.50 bits per heavy atom. The molecular weight excluding hydrogens is 174 g/mol. The third-order valence-electron chi connectivity index (χ3n) is 1.70. The molecule has 0 spiro atoms. The highest BCUT2D eigenvalue weighted by atomic mass is 35.5. The van der Waals surface area contributed by atoms with Crippen molar-refractivity contribution in [2.24, 2.45) is 4.99 Å². The average Bonchev–Trinajstić information content (AvgIpc) is 2.03. The Bertz CT molecular complexity index is 346. The summed E-state index contributed by atoms with van der Waals surface area (Å²) >= 11 is 5.72. The Morgan fingerprint density at radius 3 is 3.17 bits per heavy atom. The Hall–Kier alpha value is -1.02. The van der Waals surface area contributed by atoms with E-state index in [-0.39, 0.29) is 0 Å². The molecule has 1 aromatic rings. The van der Waals surface area contributed by atoms with E-state index >= 15 is 0 Å². The molecule has 0 aliphatic carbocycles. The molecule has 0 fully saturated rings. The molecule has 0 bridgehead atoms. The number of nitrogens with zero attached hydrogens (tertiary/aromatic N) is 1. The Labute approximate surface area is 75.8 Å². The smallest absolute Gasteiger partial charge is 0.145 e. The predicted molar refractivity (Wildman–Crippen MR) is 49.6 cm³/mol. The van der Waals surface area contributed by atoms with Gasteiger partial charge in [0, 0.05) is 0 Å². The van der Waals surface area contributed by atoms with E-state index in [0.717, 1.165) is 17.0 Å². The molecule has 1 aliphatic heterocycles. The fourth-order valence-corrected chi connectivity index (χ4v) is 1.28. The molecule has 3 heteroatoms. The molecule has 0 atom stereocenters. The number of aryl methyl sites for hydroxylation is 1. The number of ether oxygens (including phenoxy) is 1. The molecule has 1 heterocycles. The van der Waals surface area contributed by atoms with E-state index in [2.05, 4.69) is 4.99 Å². The summed E-state index contributed by atoms with van der Waals surface area (Å²) < 4.78 is 5.33. The van der Waals surface area contributed by atoms with Gasteiger partial charge in [0.05, 0.1) is 0 Å². The van der Waals surface area contributed by atoms with Crippen LogP contribution in [0.2, 0.25) is 0 Å². The fourth-order valence-electron chi connectivity index (χ4n) is 1.14. The standard InChI is InChI=1S/C9H8ClNO/c1-6-2-3-8-7(4-6)11-9(10)5-12-8/h2-4H,5H2,1H3. The van der Waals surface area contributed by atoms with Crippen LogP contribution in [0.25, 0.3) is 0 Å². The molecule has 2 nitrogen and oxygen atoms in total. The van der Waals surface area contributed by atoms with Gasteiger partial charge in [0.1, 0.15) is 23.2 Å². The number of halogens is 1. The number of hydrogen-bond donors (Lipinski definition) is 0. The third-order valence-corrected chi connectivity index (χ3v) is 1.90. The van der Waals surface area contributed by atoms with Crippen LogP contribution >= 0.6 is 11.6 Å². The van der Waals surface area contributed by atoms with Crippen LogP contribution in [0.3, 0.4) is 0 Å². The van der Waals surface area contributed by atoms with Crippen LogP contribution in [0.4, 0.5) is 5.69 Å². The first-order valence-corrected chi connectivity index (χ1v) is 4.10. The summed E-state index contributed by atoms with van der Waals surface area (Å²) in [7, 11) is 0. The molecule has 1 aromatic carbocycles. The lowest BCUT2D eigenvalue weighted by Crippen LogP contribution is -2.09. The maximum atomic E-state index is 5.72. The van der Waals surface area contributed by atoms with Crippen LogP contribution in [-0.4, -0.2) is 11.8 Å². The minimum absolute atomic E-state index is 0.387. The summed E-state index contributed by atoms with van der Waals surface area (Å²) in [5, 5.41) is 0.508. The average molecular weight is 182 g/mol. The van der Waals surface area contributed by atoms with Crippen LogP contribution in [0, 0.1) is 6.92 Å². The van der Waals surface area contributed by atoms with Crippen molar-refractivity contribution in [3.05, 3.63) is 23.8 Å². The molecule has 0 aromatic heterocycles. The first-order chi connectivity index (χ1) is 5.75. The third kappa shape index (κ3) is 1.30. The van der Waals surface area contributed by atoms with Crippen LogP contribution in [0.15, 0.2) is 23.2 Å². The van der Waals surface area contributed by atoms with Crippen molar-refractivity contribution < 1.29 is 4.74 Å². The van der Waals surface area contributed by atoms with E-state index in [4.69, 9.17) is 16.3 Å². The van der Waals surface area contributed by atoms with Gasteiger partial charge in [-0.1, -0.05) is 17.7 Å². The van der Waals surface area contributed by atoms with Gasteiger partial charge in [0.15, 0.2) is 0 Å². The second-order valence-electron chi connectivity index (χ2n) is 2.75. The van der Waals surface area contributed by atoms with Gasteiger partial charge in [0.2, 0.25) is 0 Å². The number of benzene rings is 1. The lowest BCUT2D eigenvalue weighted by atomic mass is 10.2. The molecule has 1 aliphatic rings. The summed E-state index contributed by atoms with van der Waals surface area (Å²) in [5.41, 5.74) is 1.98. The molecule has 0 saturated carbocycles. The van der Waals surface area contributed by atoms with Gasteiger partial charge in [-0.25, -0.2) is 4.99 Å². The molecule has 62 valence electrons. The van der Waals surface area contributed by atoms with E-state index in [0.29, 0.717) is 11.8 Å². The summed E-state index contributed by atoms with van der Waals surface area (Å²) in [6, 6.07) is 5.86. The van der Waals surface area contributed by atoms with Crippen molar-refractivity contribution in [2.45, 2.75) is 6.92 Å². The molecule has 12 heavy (non-hydrogen) atoms. The monoisotopic (exact) mass is 181 g/mol. The molecule has 2 rings (SSSR count). The van der Waals surface area contributed by atoms with E-state index in [1.54, 1.807) is 0 Å². The normalized spacial score (nSPS) is 14.7. The topological polar surface area (TPSA) is 21.6 Å². The van der Waals surface area contributed by atoms with Crippen molar-refractivity contribution in [1.82, 2.24) is 0 Å². The van der Waals surface area contributed by atoms with Crippen LogP contribution in [0.1, 0.15) is 5.56 Å². The van der Waals surface area contributed by atoms with Gasteiger partial charge in [-0.2, -0.15) is 0 Å². The Kier molecular flexibility index (Phi) is 1.77.